The van der Waals surface area contributed by atoms with Gasteiger partial charge in [0.05, 0.1) is 6.10 Å². The third kappa shape index (κ3) is 17.9. The zero-order valence-corrected chi connectivity index (χ0v) is 19.7. The van der Waals surface area contributed by atoms with Gasteiger partial charge in [0.25, 0.3) is 0 Å². The van der Waals surface area contributed by atoms with Gasteiger partial charge in [-0.25, -0.2) is 0 Å². The van der Waals surface area contributed by atoms with Crippen molar-refractivity contribution in [3.63, 3.8) is 0 Å². The van der Waals surface area contributed by atoms with Gasteiger partial charge in [-0.3, -0.25) is 9.59 Å². The first-order valence-corrected chi connectivity index (χ1v) is 12.1. The van der Waals surface area contributed by atoms with Crippen molar-refractivity contribution in [1.82, 2.24) is 0 Å². The van der Waals surface area contributed by atoms with Crippen molar-refractivity contribution in [2.24, 2.45) is 5.73 Å². The lowest BCUT2D eigenvalue weighted by Gasteiger charge is -2.23. The molecule has 0 aliphatic rings. The SMILES string of the molecule is CCCCCC(O)C(CCCCCCCCCCC(C)=O)OC(=O)CC[C@H](N)C(=O)O. The summed E-state index contributed by atoms with van der Waals surface area (Å²) in [6.07, 6.45) is 12.2. The number of carboxylic acids is 1. The van der Waals surface area contributed by atoms with Crippen molar-refractivity contribution in [3.8, 4) is 0 Å². The normalized spacial score (nSPS) is 14.1. The molecule has 7 heteroatoms. The number of nitrogens with two attached hydrogens (primary N) is 1. The number of carbonyl (C=O) groups excluding carboxylic acids is 2. The zero-order valence-electron chi connectivity index (χ0n) is 19.7. The van der Waals surface area contributed by atoms with E-state index in [4.69, 9.17) is 15.6 Å². The van der Waals surface area contributed by atoms with Crippen LogP contribution in [0.25, 0.3) is 0 Å². The van der Waals surface area contributed by atoms with Crippen LogP contribution in [-0.4, -0.2) is 46.2 Å². The van der Waals surface area contributed by atoms with E-state index in [-0.39, 0.29) is 18.6 Å². The van der Waals surface area contributed by atoms with Crippen molar-refractivity contribution in [2.75, 3.05) is 0 Å². The Balaban J connectivity index is 4.20. The Morgan fingerprint density at radius 3 is 1.90 bits per heavy atom. The standard InChI is InChI=1S/C24H45NO6/c1-3-4-11-15-21(27)22(31-23(28)18-17-20(25)24(29)30)16-13-10-8-6-5-7-9-12-14-19(2)26/h20-22,27H,3-18,25H2,1-2H3,(H,29,30)/t20-,21?,22?/m0/s1. The lowest BCUT2D eigenvalue weighted by molar-refractivity contribution is -0.156. The van der Waals surface area contributed by atoms with Crippen LogP contribution in [0.4, 0.5) is 0 Å². The Hall–Kier alpha value is -1.47. The number of unbranched alkanes of at least 4 members (excludes halogenated alkanes) is 9. The molecule has 0 spiro atoms. The zero-order chi connectivity index (χ0) is 23.5. The maximum Gasteiger partial charge on any atom is 0.320 e. The lowest BCUT2D eigenvalue weighted by Crippen LogP contribution is -2.33. The van der Waals surface area contributed by atoms with Crippen LogP contribution in [0.1, 0.15) is 117 Å². The van der Waals surface area contributed by atoms with E-state index in [0.29, 0.717) is 19.3 Å². The number of hydrogen-bond acceptors (Lipinski definition) is 6. The summed E-state index contributed by atoms with van der Waals surface area (Å²) in [5, 5.41) is 19.3. The summed E-state index contributed by atoms with van der Waals surface area (Å²) in [6, 6.07) is -1.08. The molecular weight excluding hydrogens is 398 g/mol. The van der Waals surface area contributed by atoms with Crippen molar-refractivity contribution >= 4 is 17.7 Å². The molecule has 4 N–H and O–H groups in total. The molecule has 31 heavy (non-hydrogen) atoms. The van der Waals surface area contributed by atoms with Crippen molar-refractivity contribution < 1.29 is 29.3 Å². The van der Waals surface area contributed by atoms with E-state index < -0.39 is 30.2 Å². The molecule has 3 atom stereocenters. The summed E-state index contributed by atoms with van der Waals surface area (Å²) in [4.78, 5) is 33.8. The molecule has 0 bridgehead atoms. The Labute approximate surface area is 188 Å². The fourth-order valence-electron chi connectivity index (χ4n) is 3.52. The van der Waals surface area contributed by atoms with Gasteiger partial charge in [-0.05, 0) is 39.0 Å². The second-order valence-electron chi connectivity index (χ2n) is 8.64. The summed E-state index contributed by atoms with van der Waals surface area (Å²) in [5.41, 5.74) is 5.44. The molecule has 0 aromatic heterocycles. The van der Waals surface area contributed by atoms with Crippen LogP contribution < -0.4 is 5.73 Å². The molecule has 0 saturated heterocycles. The number of Topliss-reactive ketones (excluding diaryl/α,β-unsaturated/α-hetero) is 1. The van der Waals surface area contributed by atoms with Crippen LogP contribution in [0.5, 0.6) is 0 Å². The summed E-state index contributed by atoms with van der Waals surface area (Å²) in [7, 11) is 0. The number of aliphatic hydroxyl groups is 1. The highest BCUT2D eigenvalue weighted by Crippen LogP contribution is 2.18. The molecule has 7 nitrogen and oxygen atoms in total. The van der Waals surface area contributed by atoms with Gasteiger partial charge in [0, 0.05) is 12.8 Å². The third-order valence-electron chi connectivity index (χ3n) is 5.56. The van der Waals surface area contributed by atoms with E-state index in [9.17, 15) is 19.5 Å². The number of ketones is 1. The van der Waals surface area contributed by atoms with E-state index in [1.54, 1.807) is 6.92 Å². The third-order valence-corrected chi connectivity index (χ3v) is 5.56. The molecule has 0 saturated carbocycles. The molecule has 0 rings (SSSR count). The largest absolute Gasteiger partial charge is 0.480 e. The molecule has 0 aromatic rings. The van der Waals surface area contributed by atoms with Gasteiger partial charge in [-0.2, -0.15) is 0 Å². The van der Waals surface area contributed by atoms with Gasteiger partial charge in [0.2, 0.25) is 0 Å². The topological polar surface area (TPSA) is 127 Å². The number of aliphatic hydroxyl groups excluding tert-OH is 1. The van der Waals surface area contributed by atoms with Gasteiger partial charge in [0.1, 0.15) is 17.9 Å². The Morgan fingerprint density at radius 1 is 0.806 bits per heavy atom. The molecule has 0 aliphatic heterocycles. The minimum Gasteiger partial charge on any atom is -0.480 e. The van der Waals surface area contributed by atoms with Crippen LogP contribution >= 0.6 is 0 Å². The molecule has 0 radical (unpaired) electrons. The minimum atomic E-state index is -1.14. The number of esters is 1. The Morgan fingerprint density at radius 2 is 1.35 bits per heavy atom. The van der Waals surface area contributed by atoms with Gasteiger partial charge in [-0.15, -0.1) is 0 Å². The van der Waals surface area contributed by atoms with Gasteiger partial charge < -0.3 is 25.5 Å². The average Bonchev–Trinajstić information content (AvgIpc) is 2.72. The van der Waals surface area contributed by atoms with Crippen LogP contribution in [0, 0.1) is 0 Å². The molecule has 182 valence electrons. The van der Waals surface area contributed by atoms with Crippen LogP contribution in [-0.2, 0) is 19.1 Å². The van der Waals surface area contributed by atoms with Crippen molar-refractivity contribution in [1.29, 1.82) is 0 Å². The minimum absolute atomic E-state index is 0.0270. The number of carboxylic acid groups (broad SMARTS) is 1. The average molecular weight is 444 g/mol. The van der Waals surface area contributed by atoms with E-state index in [2.05, 4.69) is 6.92 Å². The van der Waals surface area contributed by atoms with E-state index in [1.807, 2.05) is 0 Å². The second-order valence-corrected chi connectivity index (χ2v) is 8.64. The monoisotopic (exact) mass is 443 g/mol. The quantitative estimate of drug-likeness (QED) is 0.176. The summed E-state index contributed by atoms with van der Waals surface area (Å²) >= 11 is 0. The van der Waals surface area contributed by atoms with Crippen molar-refractivity contribution in [2.45, 2.75) is 135 Å². The molecule has 0 heterocycles. The Bertz CT molecular complexity index is 496. The van der Waals surface area contributed by atoms with Crippen LogP contribution in [0.15, 0.2) is 0 Å². The first-order valence-electron chi connectivity index (χ1n) is 12.1. The van der Waals surface area contributed by atoms with Gasteiger partial charge in [0.15, 0.2) is 0 Å². The number of ether oxygens (including phenoxy) is 1. The predicted octanol–water partition coefficient (Wildman–Crippen LogP) is 4.52. The molecule has 0 aromatic carbocycles. The summed E-state index contributed by atoms with van der Waals surface area (Å²) in [5.74, 6) is -1.37. The molecular formula is C24H45NO6. The molecule has 0 amide bonds. The van der Waals surface area contributed by atoms with E-state index >= 15 is 0 Å². The van der Waals surface area contributed by atoms with E-state index in [0.717, 1.165) is 64.2 Å². The Kier molecular flexibility index (Phi) is 18.3. The summed E-state index contributed by atoms with van der Waals surface area (Å²) < 4.78 is 5.50. The molecule has 2 unspecified atom stereocenters. The first kappa shape index (κ1) is 29.5. The highest BCUT2D eigenvalue weighted by Gasteiger charge is 2.23. The van der Waals surface area contributed by atoms with Gasteiger partial charge >= 0.3 is 11.9 Å². The fraction of sp³-hybridized carbons (Fsp3) is 0.875. The van der Waals surface area contributed by atoms with Crippen LogP contribution in [0.2, 0.25) is 0 Å². The molecule has 0 aliphatic carbocycles. The smallest absolute Gasteiger partial charge is 0.320 e. The van der Waals surface area contributed by atoms with Crippen molar-refractivity contribution in [3.05, 3.63) is 0 Å². The maximum absolute atomic E-state index is 12.1. The van der Waals surface area contributed by atoms with Gasteiger partial charge in [-0.1, -0.05) is 64.7 Å². The number of rotatable bonds is 21. The lowest BCUT2D eigenvalue weighted by atomic mass is 9.99. The highest BCUT2D eigenvalue weighted by atomic mass is 16.6. The first-order chi connectivity index (χ1) is 14.8. The fourth-order valence-corrected chi connectivity index (χ4v) is 3.52. The number of carbonyl (C=O) groups is 3. The van der Waals surface area contributed by atoms with E-state index in [1.165, 1.54) is 6.42 Å². The van der Waals surface area contributed by atoms with Crippen LogP contribution in [0.3, 0.4) is 0 Å². The summed E-state index contributed by atoms with van der Waals surface area (Å²) in [6.45, 7) is 3.73. The highest BCUT2D eigenvalue weighted by molar-refractivity contribution is 5.75. The maximum atomic E-state index is 12.1. The predicted molar refractivity (Wildman–Crippen MR) is 122 cm³/mol. The second kappa shape index (κ2) is 19.2. The number of hydrogen-bond donors (Lipinski definition) is 3. The molecule has 0 fully saturated rings. The number of aliphatic carboxylic acids is 1.